The van der Waals surface area contributed by atoms with Crippen molar-refractivity contribution in [1.29, 1.82) is 0 Å². The maximum absolute atomic E-state index is 5.72. The highest BCUT2D eigenvalue weighted by atomic mass is 35.5. The molecule has 1 aromatic rings. The van der Waals surface area contributed by atoms with Gasteiger partial charge in [-0.15, -0.1) is 0 Å². The fourth-order valence-electron chi connectivity index (χ4n) is 2.41. The summed E-state index contributed by atoms with van der Waals surface area (Å²) in [6.45, 7) is 2.51. The molecular formula is C15H20ClNO. The van der Waals surface area contributed by atoms with E-state index in [1.807, 2.05) is 14.0 Å². The van der Waals surface area contributed by atoms with E-state index in [9.17, 15) is 0 Å². The van der Waals surface area contributed by atoms with Crippen molar-refractivity contribution in [3.05, 3.63) is 40.4 Å². The van der Waals surface area contributed by atoms with Crippen molar-refractivity contribution < 1.29 is 4.74 Å². The lowest BCUT2D eigenvalue weighted by Gasteiger charge is -2.25. The van der Waals surface area contributed by atoms with Crippen LogP contribution in [0.15, 0.2) is 29.3 Å². The third-order valence-electron chi connectivity index (χ3n) is 3.43. The van der Waals surface area contributed by atoms with Gasteiger partial charge in [-0.1, -0.05) is 17.7 Å². The van der Waals surface area contributed by atoms with Crippen molar-refractivity contribution >= 4 is 11.6 Å². The summed E-state index contributed by atoms with van der Waals surface area (Å²) in [6.07, 6.45) is 3.61. The number of rotatable bonds is 4. The van der Waals surface area contributed by atoms with E-state index >= 15 is 0 Å². The molecule has 3 heteroatoms. The number of hydrogen-bond donors (Lipinski definition) is 1. The molecule has 0 heterocycles. The van der Waals surface area contributed by atoms with Gasteiger partial charge in [0.25, 0.3) is 0 Å². The quantitative estimate of drug-likeness (QED) is 0.894. The molecule has 0 fully saturated rings. The molecule has 1 aliphatic carbocycles. The number of fused-ring (bicyclic) bond motifs is 1. The van der Waals surface area contributed by atoms with Gasteiger partial charge >= 0.3 is 0 Å². The molecule has 1 N–H and O–H groups in total. The van der Waals surface area contributed by atoms with E-state index in [4.69, 9.17) is 16.3 Å². The molecule has 2 rings (SSSR count). The van der Waals surface area contributed by atoms with E-state index in [-0.39, 0.29) is 0 Å². The molecule has 1 aromatic carbocycles. The molecule has 0 spiro atoms. The zero-order valence-corrected chi connectivity index (χ0v) is 11.8. The third-order valence-corrected chi connectivity index (χ3v) is 3.80. The first-order chi connectivity index (χ1) is 8.74. The van der Waals surface area contributed by atoms with Crippen LogP contribution in [0.5, 0.6) is 5.75 Å². The molecule has 1 atom stereocenters. The highest BCUT2D eigenvalue weighted by Crippen LogP contribution is 2.31. The van der Waals surface area contributed by atoms with Crippen molar-refractivity contribution in [2.24, 2.45) is 0 Å². The van der Waals surface area contributed by atoms with Gasteiger partial charge in [0.15, 0.2) is 0 Å². The molecule has 0 aromatic heterocycles. The SMILES string of the molecule is CNC1CCCc2cc(OC/C(C)=C/Cl)ccc21. The van der Waals surface area contributed by atoms with Crippen molar-refractivity contribution in [2.75, 3.05) is 13.7 Å². The molecule has 0 aliphatic heterocycles. The molecule has 1 unspecified atom stereocenters. The Hall–Kier alpha value is -0.990. The Morgan fingerprint density at radius 3 is 3.11 bits per heavy atom. The van der Waals surface area contributed by atoms with E-state index in [0.717, 1.165) is 17.7 Å². The van der Waals surface area contributed by atoms with Gasteiger partial charge in [0.1, 0.15) is 12.4 Å². The minimum Gasteiger partial charge on any atom is -0.489 e. The normalized spacial score (nSPS) is 19.5. The van der Waals surface area contributed by atoms with Gasteiger partial charge in [0.2, 0.25) is 0 Å². The second kappa shape index (κ2) is 6.26. The van der Waals surface area contributed by atoms with Crippen LogP contribution in [0, 0.1) is 0 Å². The van der Waals surface area contributed by atoms with Crippen molar-refractivity contribution in [3.8, 4) is 5.75 Å². The minimum absolute atomic E-state index is 0.493. The lowest BCUT2D eigenvalue weighted by Crippen LogP contribution is -2.21. The molecule has 0 radical (unpaired) electrons. The Labute approximate surface area is 114 Å². The Morgan fingerprint density at radius 2 is 2.39 bits per heavy atom. The van der Waals surface area contributed by atoms with Gasteiger partial charge in [-0.3, -0.25) is 0 Å². The molecule has 1 aliphatic rings. The molecule has 0 saturated carbocycles. The Balaban J connectivity index is 2.12. The number of halogens is 1. The predicted octanol–water partition coefficient (Wildman–Crippen LogP) is 3.80. The van der Waals surface area contributed by atoms with Crippen LogP contribution < -0.4 is 10.1 Å². The number of nitrogens with one attached hydrogen (secondary N) is 1. The van der Waals surface area contributed by atoms with Crippen LogP contribution in [0.25, 0.3) is 0 Å². The summed E-state index contributed by atoms with van der Waals surface area (Å²) in [5.74, 6) is 0.934. The first kappa shape index (κ1) is 13.4. The van der Waals surface area contributed by atoms with E-state index in [1.54, 1.807) is 5.54 Å². The second-order valence-corrected chi connectivity index (χ2v) is 5.06. The highest BCUT2D eigenvalue weighted by Gasteiger charge is 2.18. The molecule has 0 bridgehead atoms. The fraction of sp³-hybridized carbons (Fsp3) is 0.467. The maximum Gasteiger partial charge on any atom is 0.120 e. The molecule has 0 saturated heterocycles. The van der Waals surface area contributed by atoms with Crippen molar-refractivity contribution in [1.82, 2.24) is 5.32 Å². The van der Waals surface area contributed by atoms with Crippen LogP contribution >= 0.6 is 11.6 Å². The van der Waals surface area contributed by atoms with E-state index in [0.29, 0.717) is 12.6 Å². The lowest BCUT2D eigenvalue weighted by molar-refractivity contribution is 0.351. The van der Waals surface area contributed by atoms with E-state index < -0.39 is 0 Å². The summed E-state index contributed by atoms with van der Waals surface area (Å²) in [7, 11) is 2.03. The standard InChI is InChI=1S/C15H20ClNO/c1-11(9-16)10-18-13-6-7-14-12(8-13)4-3-5-15(14)17-2/h6-9,15,17H,3-5,10H2,1-2H3/b11-9+. The summed E-state index contributed by atoms with van der Waals surface area (Å²) in [5.41, 5.74) is 5.42. The van der Waals surface area contributed by atoms with Gasteiger partial charge in [0.05, 0.1) is 0 Å². The number of benzene rings is 1. The molecule has 98 valence electrons. The minimum atomic E-state index is 0.493. The van der Waals surface area contributed by atoms with Gasteiger partial charge in [-0.2, -0.15) is 0 Å². The Morgan fingerprint density at radius 1 is 1.56 bits per heavy atom. The average molecular weight is 266 g/mol. The summed E-state index contributed by atoms with van der Waals surface area (Å²) < 4.78 is 5.72. The molecule has 0 amide bonds. The maximum atomic E-state index is 5.72. The van der Waals surface area contributed by atoms with Crippen LogP contribution in [0.4, 0.5) is 0 Å². The lowest BCUT2D eigenvalue weighted by atomic mass is 9.87. The van der Waals surface area contributed by atoms with Gasteiger partial charge in [-0.05, 0) is 62.1 Å². The zero-order chi connectivity index (χ0) is 13.0. The van der Waals surface area contributed by atoms with E-state index in [2.05, 4.69) is 23.5 Å². The van der Waals surface area contributed by atoms with E-state index in [1.165, 1.54) is 24.0 Å². The Kier molecular flexibility index (Phi) is 4.67. The summed E-state index contributed by atoms with van der Waals surface area (Å²) in [5, 5.41) is 3.37. The predicted molar refractivity (Wildman–Crippen MR) is 76.3 cm³/mol. The zero-order valence-electron chi connectivity index (χ0n) is 11.0. The van der Waals surface area contributed by atoms with Crippen LogP contribution in [0.3, 0.4) is 0 Å². The monoisotopic (exact) mass is 265 g/mol. The van der Waals surface area contributed by atoms with Crippen LogP contribution in [0.2, 0.25) is 0 Å². The van der Waals surface area contributed by atoms with Crippen molar-refractivity contribution in [3.63, 3.8) is 0 Å². The molecular weight excluding hydrogens is 246 g/mol. The molecule has 2 nitrogen and oxygen atoms in total. The summed E-state index contributed by atoms with van der Waals surface area (Å²) >= 11 is 5.62. The highest BCUT2D eigenvalue weighted by molar-refractivity contribution is 6.25. The van der Waals surface area contributed by atoms with Crippen molar-refractivity contribution in [2.45, 2.75) is 32.2 Å². The topological polar surface area (TPSA) is 21.3 Å². The smallest absolute Gasteiger partial charge is 0.120 e. The number of ether oxygens (including phenoxy) is 1. The first-order valence-corrected chi connectivity index (χ1v) is 6.87. The first-order valence-electron chi connectivity index (χ1n) is 6.43. The fourth-order valence-corrected chi connectivity index (χ4v) is 2.47. The number of hydrogen-bond acceptors (Lipinski definition) is 2. The van der Waals surface area contributed by atoms with Crippen LogP contribution in [0.1, 0.15) is 36.9 Å². The third kappa shape index (κ3) is 3.06. The largest absolute Gasteiger partial charge is 0.489 e. The molecule has 18 heavy (non-hydrogen) atoms. The van der Waals surface area contributed by atoms with Gasteiger partial charge in [-0.25, -0.2) is 0 Å². The Bertz CT molecular complexity index is 442. The summed E-state index contributed by atoms with van der Waals surface area (Å²) in [6, 6.07) is 6.90. The average Bonchev–Trinajstić information content (AvgIpc) is 2.43. The second-order valence-electron chi connectivity index (χ2n) is 4.84. The van der Waals surface area contributed by atoms with Gasteiger partial charge < -0.3 is 10.1 Å². The van der Waals surface area contributed by atoms with Crippen LogP contribution in [-0.4, -0.2) is 13.7 Å². The number of aryl methyl sites for hydroxylation is 1. The summed E-state index contributed by atoms with van der Waals surface area (Å²) in [4.78, 5) is 0. The van der Waals surface area contributed by atoms with Crippen LogP contribution in [-0.2, 0) is 6.42 Å². The van der Waals surface area contributed by atoms with Gasteiger partial charge in [0, 0.05) is 11.6 Å².